The van der Waals surface area contributed by atoms with Crippen LogP contribution in [0.5, 0.6) is 0 Å². The summed E-state index contributed by atoms with van der Waals surface area (Å²) >= 11 is 0. The second kappa shape index (κ2) is 6.47. The number of carbonyl (C=O) groups is 2. The predicted octanol–water partition coefficient (Wildman–Crippen LogP) is 1.38. The summed E-state index contributed by atoms with van der Waals surface area (Å²) in [5, 5.41) is 2.88. The highest BCUT2D eigenvalue weighted by molar-refractivity contribution is 5.86. The zero-order valence-electron chi connectivity index (χ0n) is 10.9. The molecule has 0 bridgehead atoms. The number of nitrogens with one attached hydrogen (secondary N) is 1. The van der Waals surface area contributed by atoms with Crippen LogP contribution in [0.4, 0.5) is 4.79 Å². The Hall–Kier alpha value is -1.26. The SMILES string of the molecule is COC(=O)N1CCCC1C(=O)NCCC(C)C. The Bertz CT molecular complexity index is 279. The predicted molar refractivity (Wildman–Crippen MR) is 64.6 cm³/mol. The molecule has 0 radical (unpaired) electrons. The number of hydrogen-bond donors (Lipinski definition) is 1. The minimum Gasteiger partial charge on any atom is -0.453 e. The van der Waals surface area contributed by atoms with Crippen LogP contribution in [0.3, 0.4) is 0 Å². The summed E-state index contributed by atoms with van der Waals surface area (Å²) in [7, 11) is 1.34. The van der Waals surface area contributed by atoms with E-state index >= 15 is 0 Å². The molecule has 5 nitrogen and oxygen atoms in total. The van der Waals surface area contributed by atoms with E-state index in [1.165, 1.54) is 12.0 Å². The van der Waals surface area contributed by atoms with E-state index in [-0.39, 0.29) is 11.9 Å². The second-order valence-electron chi connectivity index (χ2n) is 4.80. The molecule has 2 amide bonds. The minimum atomic E-state index is -0.411. The number of ether oxygens (including phenoxy) is 1. The molecule has 1 rings (SSSR count). The van der Waals surface area contributed by atoms with Crippen molar-refractivity contribution in [1.29, 1.82) is 0 Å². The summed E-state index contributed by atoms with van der Waals surface area (Å²) < 4.78 is 4.66. The van der Waals surface area contributed by atoms with Crippen LogP contribution in [0.2, 0.25) is 0 Å². The van der Waals surface area contributed by atoms with Gasteiger partial charge in [-0.25, -0.2) is 4.79 Å². The summed E-state index contributed by atoms with van der Waals surface area (Å²) in [6.45, 7) is 5.50. The van der Waals surface area contributed by atoms with E-state index in [4.69, 9.17) is 0 Å². The molecule has 0 saturated carbocycles. The molecule has 0 aromatic carbocycles. The monoisotopic (exact) mass is 242 g/mol. The van der Waals surface area contributed by atoms with Crippen LogP contribution < -0.4 is 5.32 Å². The van der Waals surface area contributed by atoms with Gasteiger partial charge in [-0.15, -0.1) is 0 Å². The van der Waals surface area contributed by atoms with Gasteiger partial charge in [-0.1, -0.05) is 13.8 Å². The first kappa shape index (κ1) is 13.8. The van der Waals surface area contributed by atoms with Crippen molar-refractivity contribution in [3.63, 3.8) is 0 Å². The van der Waals surface area contributed by atoms with Gasteiger partial charge in [-0.3, -0.25) is 9.69 Å². The topological polar surface area (TPSA) is 58.6 Å². The lowest BCUT2D eigenvalue weighted by Gasteiger charge is -2.22. The van der Waals surface area contributed by atoms with Crippen molar-refractivity contribution >= 4 is 12.0 Å². The van der Waals surface area contributed by atoms with E-state index in [0.29, 0.717) is 19.0 Å². The maximum Gasteiger partial charge on any atom is 0.410 e. The summed E-state index contributed by atoms with van der Waals surface area (Å²) in [5.41, 5.74) is 0. The molecule has 1 unspecified atom stereocenters. The molecule has 1 N–H and O–H groups in total. The molecule has 5 heteroatoms. The quantitative estimate of drug-likeness (QED) is 0.810. The maximum absolute atomic E-state index is 11.9. The van der Waals surface area contributed by atoms with Gasteiger partial charge in [0.2, 0.25) is 5.91 Å². The van der Waals surface area contributed by atoms with Gasteiger partial charge in [0.05, 0.1) is 7.11 Å². The molecule has 1 fully saturated rings. The molecule has 0 spiro atoms. The molecule has 0 aliphatic carbocycles. The lowest BCUT2D eigenvalue weighted by atomic mass is 10.1. The van der Waals surface area contributed by atoms with Crippen molar-refractivity contribution in [3.05, 3.63) is 0 Å². The van der Waals surface area contributed by atoms with Gasteiger partial charge >= 0.3 is 6.09 Å². The third kappa shape index (κ3) is 3.91. The first-order chi connectivity index (χ1) is 8.06. The number of carbonyl (C=O) groups excluding carboxylic acids is 2. The van der Waals surface area contributed by atoms with Crippen molar-refractivity contribution < 1.29 is 14.3 Å². The Labute approximate surface area is 102 Å². The van der Waals surface area contributed by atoms with Gasteiger partial charge in [0.15, 0.2) is 0 Å². The zero-order chi connectivity index (χ0) is 12.8. The van der Waals surface area contributed by atoms with E-state index in [2.05, 4.69) is 23.9 Å². The van der Waals surface area contributed by atoms with Crippen molar-refractivity contribution in [2.75, 3.05) is 20.2 Å². The summed E-state index contributed by atoms with van der Waals surface area (Å²) in [6.07, 6.45) is 2.13. The van der Waals surface area contributed by atoms with Crippen LogP contribution in [-0.2, 0) is 9.53 Å². The number of rotatable bonds is 4. The standard InChI is InChI=1S/C12H22N2O3/c1-9(2)6-7-13-11(15)10-5-4-8-14(10)12(16)17-3/h9-10H,4-8H2,1-3H3,(H,13,15). The Morgan fingerprint density at radius 2 is 2.18 bits per heavy atom. The van der Waals surface area contributed by atoms with Crippen molar-refractivity contribution in [2.24, 2.45) is 5.92 Å². The Balaban J connectivity index is 2.42. The smallest absolute Gasteiger partial charge is 0.410 e. The molecule has 1 heterocycles. The molecular weight excluding hydrogens is 220 g/mol. The highest BCUT2D eigenvalue weighted by Crippen LogP contribution is 2.18. The van der Waals surface area contributed by atoms with Crippen molar-refractivity contribution in [2.45, 2.75) is 39.2 Å². The van der Waals surface area contributed by atoms with Crippen LogP contribution in [-0.4, -0.2) is 43.1 Å². The molecule has 98 valence electrons. The van der Waals surface area contributed by atoms with Crippen LogP contribution in [0.25, 0.3) is 0 Å². The summed E-state index contributed by atoms with van der Waals surface area (Å²) in [4.78, 5) is 24.8. The average molecular weight is 242 g/mol. The Morgan fingerprint density at radius 1 is 1.47 bits per heavy atom. The van der Waals surface area contributed by atoms with E-state index in [0.717, 1.165) is 19.3 Å². The Morgan fingerprint density at radius 3 is 2.76 bits per heavy atom. The molecular formula is C12H22N2O3. The lowest BCUT2D eigenvalue weighted by Crippen LogP contribution is -2.46. The first-order valence-electron chi connectivity index (χ1n) is 6.18. The molecule has 1 saturated heterocycles. The van der Waals surface area contributed by atoms with E-state index < -0.39 is 6.09 Å². The van der Waals surface area contributed by atoms with Gasteiger partial charge in [0, 0.05) is 13.1 Å². The molecule has 1 atom stereocenters. The third-order valence-corrected chi connectivity index (χ3v) is 2.99. The highest BCUT2D eigenvalue weighted by Gasteiger charge is 2.34. The summed E-state index contributed by atoms with van der Waals surface area (Å²) in [6, 6.07) is -0.352. The van der Waals surface area contributed by atoms with E-state index in [1.807, 2.05) is 0 Å². The fraction of sp³-hybridized carbons (Fsp3) is 0.833. The molecule has 1 aliphatic rings. The number of amides is 2. The van der Waals surface area contributed by atoms with Crippen LogP contribution in [0, 0.1) is 5.92 Å². The van der Waals surface area contributed by atoms with Crippen LogP contribution >= 0.6 is 0 Å². The fourth-order valence-electron chi connectivity index (χ4n) is 1.98. The average Bonchev–Trinajstić information content (AvgIpc) is 2.76. The van der Waals surface area contributed by atoms with E-state index in [1.54, 1.807) is 0 Å². The second-order valence-corrected chi connectivity index (χ2v) is 4.80. The van der Waals surface area contributed by atoms with Crippen molar-refractivity contribution in [1.82, 2.24) is 10.2 Å². The Kier molecular flexibility index (Phi) is 5.25. The normalized spacial score (nSPS) is 19.5. The van der Waals surface area contributed by atoms with Gasteiger partial charge in [0.1, 0.15) is 6.04 Å². The first-order valence-corrected chi connectivity index (χ1v) is 6.18. The lowest BCUT2D eigenvalue weighted by molar-refractivity contribution is -0.125. The zero-order valence-corrected chi connectivity index (χ0v) is 10.9. The van der Waals surface area contributed by atoms with Crippen molar-refractivity contribution in [3.8, 4) is 0 Å². The fourth-order valence-corrected chi connectivity index (χ4v) is 1.98. The van der Waals surface area contributed by atoms with Gasteiger partial charge in [-0.05, 0) is 25.2 Å². The van der Waals surface area contributed by atoms with Crippen LogP contribution in [0.15, 0.2) is 0 Å². The molecule has 0 aromatic heterocycles. The van der Waals surface area contributed by atoms with Gasteiger partial charge < -0.3 is 10.1 Å². The van der Waals surface area contributed by atoms with E-state index in [9.17, 15) is 9.59 Å². The minimum absolute atomic E-state index is 0.0615. The molecule has 1 aliphatic heterocycles. The molecule has 17 heavy (non-hydrogen) atoms. The number of hydrogen-bond acceptors (Lipinski definition) is 3. The maximum atomic E-state index is 11.9. The van der Waals surface area contributed by atoms with Crippen LogP contribution in [0.1, 0.15) is 33.1 Å². The molecule has 0 aromatic rings. The largest absolute Gasteiger partial charge is 0.453 e. The number of likely N-dealkylation sites (tertiary alicyclic amines) is 1. The number of methoxy groups -OCH3 is 1. The number of nitrogens with zero attached hydrogens (tertiary/aromatic N) is 1. The van der Waals surface area contributed by atoms with Gasteiger partial charge in [0.25, 0.3) is 0 Å². The van der Waals surface area contributed by atoms with Gasteiger partial charge in [-0.2, -0.15) is 0 Å². The highest BCUT2D eigenvalue weighted by atomic mass is 16.5. The third-order valence-electron chi connectivity index (χ3n) is 2.99. The summed E-state index contributed by atoms with van der Waals surface area (Å²) in [5.74, 6) is 0.504.